The van der Waals surface area contributed by atoms with Crippen molar-refractivity contribution in [2.45, 2.75) is 31.6 Å². The first-order valence-corrected chi connectivity index (χ1v) is 7.57. The molecule has 1 atom stereocenters. The van der Waals surface area contributed by atoms with Crippen LogP contribution in [0.25, 0.3) is 0 Å². The van der Waals surface area contributed by atoms with Crippen LogP contribution in [-0.2, 0) is 17.1 Å². The second-order valence-corrected chi connectivity index (χ2v) is 6.91. The number of nitrogens with two attached hydrogens (primary N) is 1. The molecular formula is C11H20N4O2S. The fraction of sp³-hybridized carbons (Fsp3) is 0.727. The largest absolute Gasteiger partial charge is 0.381 e. The van der Waals surface area contributed by atoms with Gasteiger partial charge in [-0.25, -0.2) is 8.42 Å². The van der Waals surface area contributed by atoms with Gasteiger partial charge >= 0.3 is 0 Å². The Morgan fingerprint density at radius 2 is 2.11 bits per heavy atom. The van der Waals surface area contributed by atoms with Crippen molar-refractivity contribution in [1.29, 1.82) is 0 Å². The van der Waals surface area contributed by atoms with Gasteiger partial charge in [0.2, 0.25) is 10.0 Å². The van der Waals surface area contributed by atoms with Crippen LogP contribution < -0.4 is 5.73 Å². The van der Waals surface area contributed by atoms with Crippen molar-refractivity contribution in [1.82, 2.24) is 14.1 Å². The SMILES string of the molecule is Cc1c(S(=O)(=O)N2CCCC(C)C2)c(N)nn1C. The van der Waals surface area contributed by atoms with Crippen molar-refractivity contribution < 1.29 is 8.42 Å². The van der Waals surface area contributed by atoms with Crippen LogP contribution in [0, 0.1) is 12.8 Å². The summed E-state index contributed by atoms with van der Waals surface area (Å²) in [5, 5.41) is 3.98. The first-order chi connectivity index (χ1) is 8.34. The molecule has 7 heteroatoms. The molecule has 1 saturated heterocycles. The van der Waals surface area contributed by atoms with Crippen LogP contribution in [0.15, 0.2) is 4.90 Å². The van der Waals surface area contributed by atoms with Crippen LogP contribution in [0.5, 0.6) is 0 Å². The molecule has 1 aromatic rings. The van der Waals surface area contributed by atoms with Crippen LogP contribution in [0.2, 0.25) is 0 Å². The predicted octanol–water partition coefficient (Wildman–Crippen LogP) is 0.731. The summed E-state index contributed by atoms with van der Waals surface area (Å²) in [5.41, 5.74) is 6.32. The van der Waals surface area contributed by atoms with Crippen LogP contribution in [0.1, 0.15) is 25.5 Å². The van der Waals surface area contributed by atoms with E-state index in [0.717, 1.165) is 12.8 Å². The van der Waals surface area contributed by atoms with E-state index >= 15 is 0 Å². The number of hydrogen-bond acceptors (Lipinski definition) is 4. The Balaban J connectivity index is 2.42. The molecule has 1 fully saturated rings. The van der Waals surface area contributed by atoms with Gasteiger partial charge in [-0.15, -0.1) is 0 Å². The topological polar surface area (TPSA) is 81.2 Å². The molecule has 1 aliphatic heterocycles. The molecule has 6 nitrogen and oxygen atoms in total. The van der Waals surface area contributed by atoms with E-state index in [0.29, 0.717) is 24.7 Å². The molecule has 0 radical (unpaired) electrons. The number of nitrogen functional groups attached to an aromatic ring is 1. The van der Waals surface area contributed by atoms with Crippen LogP contribution in [0.3, 0.4) is 0 Å². The van der Waals surface area contributed by atoms with Crippen molar-refractivity contribution >= 4 is 15.8 Å². The maximum atomic E-state index is 12.6. The van der Waals surface area contributed by atoms with Gasteiger partial charge in [-0.05, 0) is 25.7 Å². The Morgan fingerprint density at radius 1 is 1.44 bits per heavy atom. The molecule has 2 rings (SSSR count). The van der Waals surface area contributed by atoms with E-state index in [2.05, 4.69) is 12.0 Å². The summed E-state index contributed by atoms with van der Waals surface area (Å²) in [7, 11) is -1.81. The number of piperidine rings is 1. The molecule has 0 amide bonds. The third-order valence-corrected chi connectivity index (χ3v) is 5.55. The van der Waals surface area contributed by atoms with Crippen LogP contribution in [-0.4, -0.2) is 35.6 Å². The average Bonchev–Trinajstić information content (AvgIpc) is 2.53. The normalized spacial score (nSPS) is 22.3. The Hall–Kier alpha value is -1.08. The highest BCUT2D eigenvalue weighted by Crippen LogP contribution is 2.28. The average molecular weight is 272 g/mol. The zero-order valence-corrected chi connectivity index (χ0v) is 11.9. The van der Waals surface area contributed by atoms with Gasteiger partial charge in [0.1, 0.15) is 4.90 Å². The molecule has 2 N–H and O–H groups in total. The van der Waals surface area contributed by atoms with Crippen molar-refractivity contribution in [3.8, 4) is 0 Å². The van der Waals surface area contributed by atoms with Crippen molar-refractivity contribution in [3.63, 3.8) is 0 Å². The summed E-state index contributed by atoms with van der Waals surface area (Å²) >= 11 is 0. The lowest BCUT2D eigenvalue weighted by atomic mass is 10.0. The number of hydrogen-bond donors (Lipinski definition) is 1. The number of aryl methyl sites for hydroxylation is 1. The lowest BCUT2D eigenvalue weighted by molar-refractivity contribution is 0.281. The molecule has 1 unspecified atom stereocenters. The second kappa shape index (κ2) is 4.55. The van der Waals surface area contributed by atoms with Gasteiger partial charge in [-0.3, -0.25) is 4.68 Å². The zero-order valence-electron chi connectivity index (χ0n) is 11.0. The quantitative estimate of drug-likeness (QED) is 0.860. The Bertz CT molecular complexity index is 550. The molecular weight excluding hydrogens is 252 g/mol. The Labute approximate surface area is 108 Å². The number of aromatic nitrogens is 2. The van der Waals surface area contributed by atoms with E-state index in [4.69, 9.17) is 5.73 Å². The fourth-order valence-corrected chi connectivity index (χ4v) is 4.32. The van der Waals surface area contributed by atoms with E-state index < -0.39 is 10.0 Å². The van der Waals surface area contributed by atoms with E-state index in [1.165, 1.54) is 8.99 Å². The van der Waals surface area contributed by atoms with E-state index in [-0.39, 0.29) is 10.7 Å². The van der Waals surface area contributed by atoms with Gasteiger partial charge in [-0.2, -0.15) is 9.40 Å². The van der Waals surface area contributed by atoms with Crippen molar-refractivity contribution in [2.24, 2.45) is 13.0 Å². The number of rotatable bonds is 2. The highest BCUT2D eigenvalue weighted by Gasteiger charge is 2.33. The van der Waals surface area contributed by atoms with Gasteiger partial charge in [0.15, 0.2) is 5.82 Å². The lowest BCUT2D eigenvalue weighted by Crippen LogP contribution is -2.39. The maximum Gasteiger partial charge on any atom is 0.248 e. The molecule has 0 saturated carbocycles. The first kappa shape index (κ1) is 13.4. The monoisotopic (exact) mass is 272 g/mol. The zero-order chi connectivity index (χ0) is 13.5. The Morgan fingerprint density at radius 3 is 2.61 bits per heavy atom. The standard InChI is InChI=1S/C11H20N4O2S/c1-8-5-4-6-15(7-8)18(16,17)10-9(2)14(3)13-11(10)12/h8H,4-7H2,1-3H3,(H2,12,13). The third kappa shape index (κ3) is 2.12. The summed E-state index contributed by atoms with van der Waals surface area (Å²) in [4.78, 5) is 0.166. The van der Waals surface area contributed by atoms with Crippen LogP contribution >= 0.6 is 0 Å². The van der Waals surface area contributed by atoms with E-state index in [1.807, 2.05) is 0 Å². The van der Waals surface area contributed by atoms with Gasteiger partial charge < -0.3 is 5.73 Å². The lowest BCUT2D eigenvalue weighted by Gasteiger charge is -2.29. The molecule has 1 aromatic heterocycles. The minimum atomic E-state index is -3.51. The highest BCUT2D eigenvalue weighted by molar-refractivity contribution is 7.89. The van der Waals surface area contributed by atoms with E-state index in [9.17, 15) is 8.42 Å². The molecule has 0 aromatic carbocycles. The fourth-order valence-electron chi connectivity index (χ4n) is 2.43. The molecule has 0 bridgehead atoms. The van der Waals surface area contributed by atoms with Crippen molar-refractivity contribution in [2.75, 3.05) is 18.8 Å². The summed E-state index contributed by atoms with van der Waals surface area (Å²) in [6.45, 7) is 4.93. The smallest absolute Gasteiger partial charge is 0.248 e. The van der Waals surface area contributed by atoms with Gasteiger partial charge in [0, 0.05) is 20.1 Å². The first-order valence-electron chi connectivity index (χ1n) is 6.13. The molecule has 0 spiro atoms. The maximum absolute atomic E-state index is 12.6. The summed E-state index contributed by atoms with van der Waals surface area (Å²) in [5.74, 6) is 0.486. The van der Waals surface area contributed by atoms with Gasteiger partial charge in [0.05, 0.1) is 5.69 Å². The number of nitrogens with zero attached hydrogens (tertiary/aromatic N) is 3. The summed E-state index contributed by atoms with van der Waals surface area (Å²) in [6.07, 6.45) is 1.98. The molecule has 0 aliphatic carbocycles. The molecule has 18 heavy (non-hydrogen) atoms. The Kier molecular flexibility index (Phi) is 3.37. The molecule has 2 heterocycles. The number of sulfonamides is 1. The van der Waals surface area contributed by atoms with Gasteiger partial charge in [-0.1, -0.05) is 6.92 Å². The van der Waals surface area contributed by atoms with E-state index in [1.54, 1.807) is 14.0 Å². The summed E-state index contributed by atoms with van der Waals surface area (Å²) in [6, 6.07) is 0. The van der Waals surface area contributed by atoms with Crippen molar-refractivity contribution in [3.05, 3.63) is 5.69 Å². The molecule has 1 aliphatic rings. The third-order valence-electron chi connectivity index (χ3n) is 3.52. The summed E-state index contributed by atoms with van der Waals surface area (Å²) < 4.78 is 28.2. The predicted molar refractivity (Wildman–Crippen MR) is 69.5 cm³/mol. The number of anilines is 1. The second-order valence-electron chi connectivity index (χ2n) is 5.03. The van der Waals surface area contributed by atoms with Gasteiger partial charge in [0.25, 0.3) is 0 Å². The van der Waals surface area contributed by atoms with Crippen LogP contribution in [0.4, 0.5) is 5.82 Å². The highest BCUT2D eigenvalue weighted by atomic mass is 32.2. The minimum absolute atomic E-state index is 0.0910. The minimum Gasteiger partial charge on any atom is -0.381 e. The molecule has 102 valence electrons.